The van der Waals surface area contributed by atoms with E-state index in [4.69, 9.17) is 4.98 Å². The number of hydrogen-bond acceptors (Lipinski definition) is 2. The van der Waals surface area contributed by atoms with E-state index in [-0.39, 0.29) is 0 Å². The Morgan fingerprint density at radius 1 is 0.781 bits per heavy atom. The molecule has 0 saturated carbocycles. The number of hydrogen-bond donors (Lipinski definition) is 0. The SMILES string of the molecule is CC[n+]1c(-c2ccccc2)n(-c2ccccc2)c2ccc(-c3nc4ccccc4s3)cc21. The van der Waals surface area contributed by atoms with E-state index in [1.165, 1.54) is 27.1 Å². The van der Waals surface area contributed by atoms with Crippen molar-refractivity contribution in [3.63, 3.8) is 0 Å². The number of benzene rings is 4. The molecular weight excluding hydrogens is 410 g/mol. The summed E-state index contributed by atoms with van der Waals surface area (Å²) in [5, 5.41) is 1.06. The number of thiazole rings is 1. The fourth-order valence-corrected chi connectivity index (χ4v) is 5.40. The molecule has 6 rings (SSSR count). The molecule has 0 aliphatic carbocycles. The molecule has 4 heteroatoms. The van der Waals surface area contributed by atoms with Gasteiger partial charge in [0.05, 0.1) is 22.3 Å². The minimum absolute atomic E-state index is 0.879. The normalized spacial score (nSPS) is 11.4. The third-order valence-corrected chi connectivity index (χ3v) is 6.96. The monoisotopic (exact) mass is 432 g/mol. The smallest absolute Gasteiger partial charge is 0.236 e. The molecule has 0 aliphatic rings. The molecule has 0 saturated heterocycles. The second-order valence-corrected chi connectivity index (χ2v) is 8.83. The van der Waals surface area contributed by atoms with Crippen LogP contribution in [0.15, 0.2) is 103 Å². The van der Waals surface area contributed by atoms with Crippen LogP contribution in [-0.4, -0.2) is 9.55 Å². The number of aromatic nitrogens is 3. The van der Waals surface area contributed by atoms with Gasteiger partial charge in [0.25, 0.3) is 5.82 Å². The van der Waals surface area contributed by atoms with Gasteiger partial charge in [0.2, 0.25) is 0 Å². The molecule has 0 aliphatic heterocycles. The molecule has 3 nitrogen and oxygen atoms in total. The van der Waals surface area contributed by atoms with Gasteiger partial charge < -0.3 is 0 Å². The van der Waals surface area contributed by atoms with Crippen LogP contribution in [0.1, 0.15) is 6.92 Å². The van der Waals surface area contributed by atoms with Gasteiger partial charge in [-0.1, -0.05) is 48.5 Å². The third kappa shape index (κ3) is 3.03. The van der Waals surface area contributed by atoms with Gasteiger partial charge in [0, 0.05) is 5.56 Å². The Morgan fingerprint density at radius 3 is 2.25 bits per heavy atom. The molecule has 0 unspecified atom stereocenters. The van der Waals surface area contributed by atoms with E-state index in [9.17, 15) is 0 Å². The van der Waals surface area contributed by atoms with Crippen LogP contribution in [0.5, 0.6) is 0 Å². The molecule has 4 aromatic carbocycles. The van der Waals surface area contributed by atoms with Crippen LogP contribution >= 0.6 is 11.3 Å². The standard InChI is InChI=1S/C28H22N3S/c1-2-30-25-19-21(27-29-23-15-9-10-16-26(23)32-27)17-18-24(25)31(22-13-7-4-8-14-22)28(30)20-11-5-3-6-12-20/h3-19H,2H2,1H3/q+1. The first-order valence-corrected chi connectivity index (χ1v) is 11.7. The van der Waals surface area contributed by atoms with Crippen LogP contribution in [0.2, 0.25) is 0 Å². The van der Waals surface area contributed by atoms with Crippen LogP contribution in [0.4, 0.5) is 0 Å². The highest BCUT2D eigenvalue weighted by Gasteiger charge is 2.27. The Hall–Kier alpha value is -3.76. The van der Waals surface area contributed by atoms with Crippen molar-refractivity contribution in [2.45, 2.75) is 13.5 Å². The molecule has 2 heterocycles. The van der Waals surface area contributed by atoms with E-state index in [2.05, 4.69) is 113 Å². The molecule has 0 radical (unpaired) electrons. The molecule has 0 atom stereocenters. The first kappa shape index (κ1) is 19.0. The molecule has 32 heavy (non-hydrogen) atoms. The Labute approximate surface area is 190 Å². The van der Waals surface area contributed by atoms with E-state index >= 15 is 0 Å². The van der Waals surface area contributed by atoms with Crippen molar-refractivity contribution < 1.29 is 4.57 Å². The fourth-order valence-electron chi connectivity index (χ4n) is 4.44. The Kier molecular flexibility index (Phi) is 4.58. The lowest BCUT2D eigenvalue weighted by molar-refractivity contribution is -0.657. The van der Waals surface area contributed by atoms with Gasteiger partial charge in [-0.05, 0) is 61.5 Å². The van der Waals surface area contributed by atoms with E-state index in [1.807, 2.05) is 6.07 Å². The van der Waals surface area contributed by atoms with E-state index < -0.39 is 0 Å². The number of fused-ring (bicyclic) bond motifs is 2. The zero-order valence-electron chi connectivity index (χ0n) is 17.8. The highest BCUT2D eigenvalue weighted by molar-refractivity contribution is 7.21. The van der Waals surface area contributed by atoms with Gasteiger partial charge >= 0.3 is 0 Å². The first-order chi connectivity index (χ1) is 15.8. The summed E-state index contributed by atoms with van der Waals surface area (Å²) in [6, 6.07) is 36.4. The molecule has 6 aromatic rings. The van der Waals surface area contributed by atoms with Crippen LogP contribution in [-0.2, 0) is 6.54 Å². The van der Waals surface area contributed by atoms with Crippen LogP contribution in [0.3, 0.4) is 0 Å². The minimum atomic E-state index is 0.879. The topological polar surface area (TPSA) is 21.7 Å². The maximum Gasteiger partial charge on any atom is 0.295 e. The molecule has 2 aromatic heterocycles. The quantitative estimate of drug-likeness (QED) is 0.278. The summed E-state index contributed by atoms with van der Waals surface area (Å²) >= 11 is 1.75. The van der Waals surface area contributed by atoms with Crippen molar-refractivity contribution >= 4 is 32.6 Å². The van der Waals surface area contributed by atoms with Crippen LogP contribution < -0.4 is 4.57 Å². The van der Waals surface area contributed by atoms with Gasteiger partial charge in [-0.2, -0.15) is 4.57 Å². The van der Waals surface area contributed by atoms with Gasteiger partial charge in [0.15, 0.2) is 11.0 Å². The number of para-hydroxylation sites is 2. The molecule has 0 spiro atoms. The van der Waals surface area contributed by atoms with Gasteiger partial charge in [-0.25, -0.2) is 9.55 Å². The average molecular weight is 433 g/mol. The van der Waals surface area contributed by atoms with Gasteiger partial charge in [0.1, 0.15) is 10.7 Å². The predicted molar refractivity (Wildman–Crippen MR) is 133 cm³/mol. The molecule has 0 bridgehead atoms. The van der Waals surface area contributed by atoms with Crippen molar-refractivity contribution in [2.75, 3.05) is 0 Å². The number of nitrogens with zero attached hydrogens (tertiary/aromatic N) is 3. The molecule has 0 fully saturated rings. The lowest BCUT2D eigenvalue weighted by Gasteiger charge is -2.04. The third-order valence-electron chi connectivity index (χ3n) is 5.88. The second kappa shape index (κ2) is 7.74. The summed E-state index contributed by atoms with van der Waals surface area (Å²) in [5.41, 5.74) is 6.99. The average Bonchev–Trinajstić information content (AvgIpc) is 3.44. The van der Waals surface area contributed by atoms with E-state index in [0.717, 1.165) is 28.3 Å². The summed E-state index contributed by atoms with van der Waals surface area (Å²) in [4.78, 5) is 4.89. The summed E-state index contributed by atoms with van der Waals surface area (Å²) < 4.78 is 6.00. The fraction of sp³-hybridized carbons (Fsp3) is 0.0714. The molecular formula is C28H22N3S+. The Balaban J connectivity index is 1.65. The number of aryl methyl sites for hydroxylation is 1. The van der Waals surface area contributed by atoms with Crippen molar-refractivity contribution in [3.05, 3.63) is 103 Å². The van der Waals surface area contributed by atoms with Crippen LogP contribution in [0.25, 0.3) is 48.9 Å². The number of rotatable bonds is 4. The Morgan fingerprint density at radius 2 is 1.50 bits per heavy atom. The van der Waals surface area contributed by atoms with E-state index in [0.29, 0.717) is 0 Å². The maximum atomic E-state index is 4.89. The highest BCUT2D eigenvalue weighted by atomic mass is 32.1. The summed E-state index contributed by atoms with van der Waals surface area (Å²) in [6.45, 7) is 3.09. The van der Waals surface area contributed by atoms with Gasteiger partial charge in [-0.3, -0.25) is 0 Å². The predicted octanol–water partition coefficient (Wildman–Crippen LogP) is 6.88. The van der Waals surface area contributed by atoms with Crippen molar-refractivity contribution in [1.29, 1.82) is 0 Å². The maximum absolute atomic E-state index is 4.89. The summed E-state index contributed by atoms with van der Waals surface area (Å²) in [7, 11) is 0. The van der Waals surface area contributed by atoms with Crippen molar-refractivity contribution in [3.8, 4) is 27.6 Å². The minimum Gasteiger partial charge on any atom is -0.236 e. The summed E-state index contributed by atoms with van der Waals surface area (Å²) in [5.74, 6) is 1.19. The highest BCUT2D eigenvalue weighted by Crippen LogP contribution is 2.33. The lowest BCUT2D eigenvalue weighted by atomic mass is 10.2. The molecule has 0 amide bonds. The first-order valence-electron chi connectivity index (χ1n) is 10.9. The van der Waals surface area contributed by atoms with Gasteiger partial charge in [-0.15, -0.1) is 11.3 Å². The zero-order chi connectivity index (χ0) is 21.5. The largest absolute Gasteiger partial charge is 0.295 e. The van der Waals surface area contributed by atoms with Crippen molar-refractivity contribution in [2.24, 2.45) is 0 Å². The second-order valence-electron chi connectivity index (χ2n) is 7.80. The Bertz CT molecular complexity index is 1510. The zero-order valence-corrected chi connectivity index (χ0v) is 18.6. The van der Waals surface area contributed by atoms with Crippen molar-refractivity contribution in [1.82, 2.24) is 9.55 Å². The van der Waals surface area contributed by atoms with E-state index in [1.54, 1.807) is 11.3 Å². The molecule has 154 valence electrons. The van der Waals surface area contributed by atoms with Crippen LogP contribution in [0, 0.1) is 0 Å². The summed E-state index contributed by atoms with van der Waals surface area (Å²) in [6.07, 6.45) is 0. The number of imidazole rings is 1. The lowest BCUT2D eigenvalue weighted by Crippen LogP contribution is -2.34. The molecule has 0 N–H and O–H groups in total.